The first-order chi connectivity index (χ1) is 14.7. The highest BCUT2D eigenvalue weighted by atomic mass is 127. The van der Waals surface area contributed by atoms with E-state index in [2.05, 4.69) is 76.6 Å². The van der Waals surface area contributed by atoms with Crippen molar-refractivity contribution in [2.24, 2.45) is 4.99 Å². The minimum Gasteiger partial charge on any atom is -0.357 e. The maximum atomic E-state index is 4.71. The van der Waals surface area contributed by atoms with E-state index in [4.69, 9.17) is 4.99 Å². The Hall–Kier alpha value is -1.23. The lowest BCUT2D eigenvalue weighted by molar-refractivity contribution is 0.0891. The fourth-order valence-electron chi connectivity index (χ4n) is 3.78. The average Bonchev–Trinajstić information content (AvgIpc) is 3.24. The van der Waals surface area contributed by atoms with Crippen molar-refractivity contribution in [2.45, 2.75) is 39.3 Å². The smallest absolute Gasteiger partial charge is 0.191 e. The Morgan fingerprint density at radius 3 is 2.71 bits per heavy atom. The van der Waals surface area contributed by atoms with E-state index in [1.165, 1.54) is 10.4 Å². The molecule has 1 atom stereocenters. The van der Waals surface area contributed by atoms with Crippen LogP contribution in [0.3, 0.4) is 0 Å². The van der Waals surface area contributed by atoms with E-state index in [9.17, 15) is 0 Å². The lowest BCUT2D eigenvalue weighted by atomic mass is 10.0. The number of piperazine rings is 1. The zero-order valence-electron chi connectivity index (χ0n) is 19.0. The van der Waals surface area contributed by atoms with Crippen LogP contribution in [0.1, 0.15) is 41.8 Å². The van der Waals surface area contributed by atoms with Gasteiger partial charge in [0.15, 0.2) is 5.96 Å². The number of hydrogen-bond donors (Lipinski definition) is 2. The van der Waals surface area contributed by atoms with Gasteiger partial charge in [0.25, 0.3) is 0 Å². The van der Waals surface area contributed by atoms with E-state index in [1.54, 1.807) is 11.3 Å². The summed E-state index contributed by atoms with van der Waals surface area (Å²) in [7, 11) is 2.22. The molecule has 3 rings (SSSR count). The number of aliphatic imine (C=N–C) groups is 1. The molecule has 0 radical (unpaired) electrons. The first kappa shape index (κ1) is 26.0. The van der Waals surface area contributed by atoms with Crippen molar-refractivity contribution in [3.8, 4) is 0 Å². The summed E-state index contributed by atoms with van der Waals surface area (Å²) in [4.78, 5) is 15.6. The molecule has 0 bridgehead atoms. The van der Waals surface area contributed by atoms with Crippen LogP contribution in [-0.4, -0.2) is 67.1 Å². The molecule has 0 saturated carbocycles. The Morgan fingerprint density at radius 1 is 1.19 bits per heavy atom. The third kappa shape index (κ3) is 8.32. The molecule has 2 N–H and O–H groups in total. The molecule has 1 aliphatic rings. The van der Waals surface area contributed by atoms with Gasteiger partial charge in [-0.1, -0.05) is 37.3 Å². The number of hydrogen-bond acceptors (Lipinski definition) is 5. The fraction of sp³-hybridized carbons (Fsp3) is 0.565. The van der Waals surface area contributed by atoms with Gasteiger partial charge in [-0.05, 0) is 32.4 Å². The fourth-order valence-corrected chi connectivity index (χ4v) is 4.56. The van der Waals surface area contributed by atoms with E-state index in [-0.39, 0.29) is 24.0 Å². The van der Waals surface area contributed by atoms with Crippen molar-refractivity contribution in [3.05, 3.63) is 52.0 Å². The number of guanidine groups is 1. The topological polar surface area (TPSA) is 55.8 Å². The summed E-state index contributed by atoms with van der Waals surface area (Å²) in [5, 5.41) is 7.92. The minimum absolute atomic E-state index is 0. The monoisotopic (exact) mass is 556 g/mol. The Labute approximate surface area is 208 Å². The number of nitrogens with zero attached hydrogens (tertiary/aromatic N) is 4. The van der Waals surface area contributed by atoms with Crippen molar-refractivity contribution in [1.82, 2.24) is 25.4 Å². The van der Waals surface area contributed by atoms with Crippen LogP contribution >= 0.6 is 35.3 Å². The van der Waals surface area contributed by atoms with E-state index >= 15 is 0 Å². The normalized spacial score (nSPS) is 17.9. The summed E-state index contributed by atoms with van der Waals surface area (Å²) in [6, 6.07) is 11.4. The first-order valence-electron chi connectivity index (χ1n) is 11.1. The van der Waals surface area contributed by atoms with Crippen molar-refractivity contribution in [3.63, 3.8) is 0 Å². The number of aryl methyl sites for hydroxylation is 1. The quantitative estimate of drug-likeness (QED) is 0.213. The molecule has 31 heavy (non-hydrogen) atoms. The molecule has 1 aromatic heterocycles. The number of thiazole rings is 1. The van der Waals surface area contributed by atoms with Gasteiger partial charge < -0.3 is 15.5 Å². The largest absolute Gasteiger partial charge is 0.357 e. The summed E-state index contributed by atoms with van der Waals surface area (Å²) in [6.07, 6.45) is 4.10. The van der Waals surface area contributed by atoms with Gasteiger partial charge in [0.1, 0.15) is 5.01 Å². The molecule has 0 aliphatic carbocycles. The molecular formula is C23H37IN6S. The molecular weight excluding hydrogens is 519 g/mol. The van der Waals surface area contributed by atoms with Gasteiger partial charge in [0.2, 0.25) is 0 Å². The highest BCUT2D eigenvalue weighted by Gasteiger charge is 2.25. The van der Waals surface area contributed by atoms with E-state index in [0.29, 0.717) is 12.6 Å². The predicted octanol–water partition coefficient (Wildman–Crippen LogP) is 3.76. The standard InChI is InChI=1S/C23H36N6S.HI/c1-4-20-16-26-22(30-20)17-27-23(24-5-2)25-12-9-13-29-15-14-28(3)18-21(29)19-10-7-6-8-11-19;/h6-8,10-11,16,21H,4-5,9,12-15,17-18H2,1-3H3,(H2,24,25,27);1H. The molecule has 1 aliphatic heterocycles. The molecule has 1 fully saturated rings. The van der Waals surface area contributed by atoms with Crippen molar-refractivity contribution in [1.29, 1.82) is 0 Å². The maximum absolute atomic E-state index is 4.71. The van der Waals surface area contributed by atoms with Crippen LogP contribution in [0.25, 0.3) is 0 Å². The van der Waals surface area contributed by atoms with Crippen LogP contribution in [0.2, 0.25) is 0 Å². The summed E-state index contributed by atoms with van der Waals surface area (Å²) in [5.74, 6) is 0.878. The van der Waals surface area contributed by atoms with E-state index in [1.807, 2.05) is 6.20 Å². The molecule has 1 unspecified atom stereocenters. The van der Waals surface area contributed by atoms with Gasteiger partial charge in [0.05, 0.1) is 6.54 Å². The summed E-state index contributed by atoms with van der Waals surface area (Å²) in [5.41, 5.74) is 1.42. The first-order valence-corrected chi connectivity index (χ1v) is 11.9. The summed E-state index contributed by atoms with van der Waals surface area (Å²) in [6.45, 7) is 11.1. The lowest BCUT2D eigenvalue weighted by Gasteiger charge is -2.40. The Balaban J connectivity index is 0.00000341. The summed E-state index contributed by atoms with van der Waals surface area (Å²) >= 11 is 1.75. The molecule has 8 heteroatoms. The van der Waals surface area contributed by atoms with Crippen molar-refractivity contribution < 1.29 is 0 Å². The van der Waals surface area contributed by atoms with Gasteiger partial charge in [-0.3, -0.25) is 4.90 Å². The van der Waals surface area contributed by atoms with Crippen LogP contribution < -0.4 is 10.6 Å². The molecule has 2 aromatic rings. The highest BCUT2D eigenvalue weighted by molar-refractivity contribution is 14.0. The van der Waals surface area contributed by atoms with Gasteiger partial charge in [0, 0.05) is 56.4 Å². The van der Waals surface area contributed by atoms with Crippen LogP contribution in [-0.2, 0) is 13.0 Å². The highest BCUT2D eigenvalue weighted by Crippen LogP contribution is 2.24. The minimum atomic E-state index is 0. The van der Waals surface area contributed by atoms with Crippen LogP contribution in [0.15, 0.2) is 41.5 Å². The molecule has 172 valence electrons. The number of nitrogens with one attached hydrogen (secondary N) is 2. The Morgan fingerprint density at radius 2 is 2.00 bits per heavy atom. The number of benzene rings is 1. The van der Waals surface area contributed by atoms with Gasteiger partial charge >= 0.3 is 0 Å². The third-order valence-corrected chi connectivity index (χ3v) is 6.59. The van der Waals surface area contributed by atoms with E-state index in [0.717, 1.165) is 63.1 Å². The number of likely N-dealkylation sites (N-methyl/N-ethyl adjacent to an activating group) is 1. The zero-order chi connectivity index (χ0) is 21.2. The average molecular weight is 557 g/mol. The van der Waals surface area contributed by atoms with Crippen LogP contribution in [0, 0.1) is 0 Å². The molecule has 0 amide bonds. The van der Waals surface area contributed by atoms with Crippen molar-refractivity contribution >= 4 is 41.3 Å². The predicted molar refractivity (Wildman–Crippen MR) is 143 cm³/mol. The number of aromatic nitrogens is 1. The second-order valence-electron chi connectivity index (χ2n) is 7.77. The van der Waals surface area contributed by atoms with E-state index < -0.39 is 0 Å². The zero-order valence-corrected chi connectivity index (χ0v) is 22.2. The third-order valence-electron chi connectivity index (χ3n) is 5.46. The van der Waals surface area contributed by atoms with Crippen LogP contribution in [0.4, 0.5) is 0 Å². The molecule has 6 nitrogen and oxygen atoms in total. The molecule has 1 aromatic carbocycles. The lowest BCUT2D eigenvalue weighted by Crippen LogP contribution is -2.47. The number of rotatable bonds is 9. The molecule has 2 heterocycles. The SMILES string of the molecule is CCNC(=NCc1ncc(CC)s1)NCCCN1CCN(C)CC1c1ccccc1.I. The van der Waals surface area contributed by atoms with Crippen molar-refractivity contribution in [2.75, 3.05) is 46.3 Å². The summed E-state index contributed by atoms with van der Waals surface area (Å²) < 4.78 is 0. The molecule has 0 spiro atoms. The second-order valence-corrected chi connectivity index (χ2v) is 8.97. The van der Waals surface area contributed by atoms with Gasteiger partial charge in [-0.15, -0.1) is 35.3 Å². The van der Waals surface area contributed by atoms with Crippen LogP contribution in [0.5, 0.6) is 0 Å². The second kappa shape index (κ2) is 14.0. The Kier molecular flexibility index (Phi) is 11.8. The van der Waals surface area contributed by atoms with Gasteiger partial charge in [-0.2, -0.15) is 0 Å². The molecule has 1 saturated heterocycles. The van der Waals surface area contributed by atoms with Gasteiger partial charge in [-0.25, -0.2) is 9.98 Å². The Bertz CT molecular complexity index is 781. The maximum Gasteiger partial charge on any atom is 0.191 e. The number of halogens is 1.